The van der Waals surface area contributed by atoms with Crippen LogP contribution in [0, 0.1) is 6.92 Å². The SMILES string of the molecule is Cc1cccc(C[C@H]2/C=C/C(=O)NCCCC[C@H](NC(=O)O)C(=O)N2)c1. The summed E-state index contributed by atoms with van der Waals surface area (Å²) in [6, 6.07) is 6.68. The van der Waals surface area contributed by atoms with Gasteiger partial charge in [-0.3, -0.25) is 9.59 Å². The summed E-state index contributed by atoms with van der Waals surface area (Å²) >= 11 is 0. The second-order valence-corrected chi connectivity index (χ2v) is 6.46. The Hall–Kier alpha value is -2.83. The molecular weight excluding hydrogens is 334 g/mol. The summed E-state index contributed by atoms with van der Waals surface area (Å²) in [6.07, 6.45) is 4.04. The van der Waals surface area contributed by atoms with Crippen molar-refractivity contribution in [3.8, 4) is 0 Å². The maximum atomic E-state index is 12.5. The third-order valence-electron chi connectivity index (χ3n) is 4.18. The van der Waals surface area contributed by atoms with Crippen LogP contribution >= 0.6 is 0 Å². The average Bonchev–Trinajstić information content (AvgIpc) is 2.57. The molecule has 1 heterocycles. The molecule has 0 unspecified atom stereocenters. The number of benzene rings is 1. The van der Waals surface area contributed by atoms with Crippen LogP contribution in [-0.2, 0) is 16.0 Å². The molecule has 3 amide bonds. The van der Waals surface area contributed by atoms with Crippen molar-refractivity contribution in [2.45, 2.75) is 44.7 Å². The molecule has 0 saturated carbocycles. The zero-order valence-electron chi connectivity index (χ0n) is 14.8. The molecule has 2 rings (SSSR count). The fraction of sp³-hybridized carbons (Fsp3) is 0.421. The molecule has 7 nitrogen and oxygen atoms in total. The lowest BCUT2D eigenvalue weighted by molar-refractivity contribution is -0.123. The second kappa shape index (κ2) is 9.60. The van der Waals surface area contributed by atoms with Gasteiger partial charge in [-0.15, -0.1) is 0 Å². The van der Waals surface area contributed by atoms with E-state index in [1.807, 2.05) is 31.2 Å². The third kappa shape index (κ3) is 6.58. The van der Waals surface area contributed by atoms with E-state index in [0.29, 0.717) is 32.2 Å². The van der Waals surface area contributed by atoms with Gasteiger partial charge in [0.25, 0.3) is 0 Å². The highest BCUT2D eigenvalue weighted by atomic mass is 16.4. The van der Waals surface area contributed by atoms with Crippen LogP contribution in [0.25, 0.3) is 0 Å². The number of hydrogen-bond acceptors (Lipinski definition) is 3. The van der Waals surface area contributed by atoms with E-state index in [1.54, 1.807) is 6.08 Å². The van der Waals surface area contributed by atoms with Crippen LogP contribution in [0.15, 0.2) is 36.4 Å². The third-order valence-corrected chi connectivity index (χ3v) is 4.18. The fourth-order valence-corrected chi connectivity index (χ4v) is 2.91. The largest absolute Gasteiger partial charge is 0.465 e. The molecule has 0 radical (unpaired) electrons. The Bertz CT molecular complexity index is 687. The summed E-state index contributed by atoms with van der Waals surface area (Å²) in [5.74, 6) is -0.579. The molecule has 7 heteroatoms. The van der Waals surface area contributed by atoms with Gasteiger partial charge < -0.3 is 21.1 Å². The monoisotopic (exact) mass is 359 g/mol. The van der Waals surface area contributed by atoms with Crippen LogP contribution in [-0.4, -0.2) is 41.6 Å². The Morgan fingerprint density at radius 1 is 1.31 bits per heavy atom. The molecule has 1 aromatic carbocycles. The lowest BCUT2D eigenvalue weighted by Gasteiger charge is -2.22. The van der Waals surface area contributed by atoms with Crippen molar-refractivity contribution >= 4 is 17.9 Å². The molecule has 0 spiro atoms. The summed E-state index contributed by atoms with van der Waals surface area (Å²) in [5.41, 5.74) is 2.13. The summed E-state index contributed by atoms with van der Waals surface area (Å²) in [6.45, 7) is 2.48. The number of rotatable bonds is 3. The Morgan fingerprint density at radius 2 is 2.12 bits per heavy atom. The minimum absolute atomic E-state index is 0.200. The van der Waals surface area contributed by atoms with Gasteiger partial charge in [0, 0.05) is 12.6 Å². The highest BCUT2D eigenvalue weighted by Gasteiger charge is 2.22. The summed E-state index contributed by atoms with van der Waals surface area (Å²) in [5, 5.41) is 16.9. The number of carboxylic acid groups (broad SMARTS) is 1. The van der Waals surface area contributed by atoms with Gasteiger partial charge in [-0.05, 0) is 38.2 Å². The Morgan fingerprint density at radius 3 is 2.85 bits per heavy atom. The van der Waals surface area contributed by atoms with E-state index >= 15 is 0 Å². The smallest absolute Gasteiger partial charge is 0.405 e. The van der Waals surface area contributed by atoms with E-state index < -0.39 is 18.2 Å². The van der Waals surface area contributed by atoms with Crippen LogP contribution in [0.4, 0.5) is 4.79 Å². The van der Waals surface area contributed by atoms with Crippen molar-refractivity contribution in [2.75, 3.05) is 6.54 Å². The molecule has 4 N–H and O–H groups in total. The molecule has 0 bridgehead atoms. The van der Waals surface area contributed by atoms with Crippen molar-refractivity contribution < 1.29 is 19.5 Å². The molecule has 26 heavy (non-hydrogen) atoms. The van der Waals surface area contributed by atoms with E-state index in [0.717, 1.165) is 11.1 Å². The summed E-state index contributed by atoms with van der Waals surface area (Å²) in [7, 11) is 0. The molecule has 0 aliphatic carbocycles. The predicted octanol–water partition coefficient (Wildman–Crippen LogP) is 1.51. The predicted molar refractivity (Wildman–Crippen MR) is 97.8 cm³/mol. The quantitative estimate of drug-likeness (QED) is 0.656. The van der Waals surface area contributed by atoms with Crippen LogP contribution in [0.3, 0.4) is 0 Å². The normalized spacial score (nSPS) is 23.0. The van der Waals surface area contributed by atoms with Gasteiger partial charge in [-0.2, -0.15) is 0 Å². The minimum atomic E-state index is -1.23. The summed E-state index contributed by atoms with van der Waals surface area (Å²) in [4.78, 5) is 35.4. The van der Waals surface area contributed by atoms with Crippen molar-refractivity contribution in [2.24, 2.45) is 0 Å². The van der Waals surface area contributed by atoms with E-state index in [9.17, 15) is 14.4 Å². The molecule has 140 valence electrons. The van der Waals surface area contributed by atoms with Gasteiger partial charge in [-0.25, -0.2) is 4.79 Å². The molecule has 1 aromatic rings. The first-order chi connectivity index (χ1) is 12.4. The number of aryl methyl sites for hydroxylation is 1. The maximum absolute atomic E-state index is 12.5. The molecule has 1 aliphatic heterocycles. The van der Waals surface area contributed by atoms with Crippen LogP contribution in [0.1, 0.15) is 30.4 Å². The molecular formula is C19H25N3O4. The van der Waals surface area contributed by atoms with E-state index in [-0.39, 0.29) is 11.8 Å². The molecule has 1 aliphatic rings. The van der Waals surface area contributed by atoms with Crippen LogP contribution < -0.4 is 16.0 Å². The Labute approximate surface area is 152 Å². The first kappa shape index (κ1) is 19.5. The van der Waals surface area contributed by atoms with Crippen molar-refractivity contribution in [3.63, 3.8) is 0 Å². The zero-order chi connectivity index (χ0) is 18.9. The first-order valence-electron chi connectivity index (χ1n) is 8.75. The van der Waals surface area contributed by atoms with Gasteiger partial charge in [0.2, 0.25) is 11.8 Å². The Balaban J connectivity index is 2.18. The standard InChI is InChI=1S/C19H25N3O4/c1-13-5-4-6-14(11-13)12-15-8-9-17(23)20-10-3-2-7-16(18(24)21-15)22-19(25)26/h4-6,8-9,11,15-16,22H,2-3,7,10,12H2,1H3,(H,20,23)(H,21,24)(H,25,26)/b9-8+/t15-,16+/m1/s1. The number of amides is 3. The zero-order valence-corrected chi connectivity index (χ0v) is 14.8. The molecule has 0 fully saturated rings. The topological polar surface area (TPSA) is 108 Å². The van der Waals surface area contributed by atoms with Crippen LogP contribution in [0.5, 0.6) is 0 Å². The lowest BCUT2D eigenvalue weighted by Crippen LogP contribution is -2.49. The highest BCUT2D eigenvalue weighted by Crippen LogP contribution is 2.09. The maximum Gasteiger partial charge on any atom is 0.405 e. The van der Waals surface area contributed by atoms with Gasteiger partial charge in [-0.1, -0.05) is 35.9 Å². The average molecular weight is 359 g/mol. The Kier molecular flexibility index (Phi) is 7.20. The lowest BCUT2D eigenvalue weighted by atomic mass is 10.0. The van der Waals surface area contributed by atoms with Crippen molar-refractivity contribution in [3.05, 3.63) is 47.5 Å². The highest BCUT2D eigenvalue weighted by molar-refractivity contribution is 5.88. The number of carbonyl (C=O) groups is 3. The van der Waals surface area contributed by atoms with Gasteiger partial charge in [0.05, 0.1) is 6.04 Å². The summed E-state index contributed by atoms with van der Waals surface area (Å²) < 4.78 is 0. The minimum Gasteiger partial charge on any atom is -0.465 e. The van der Waals surface area contributed by atoms with Gasteiger partial charge >= 0.3 is 6.09 Å². The number of hydrogen-bond donors (Lipinski definition) is 4. The van der Waals surface area contributed by atoms with E-state index in [4.69, 9.17) is 5.11 Å². The van der Waals surface area contributed by atoms with E-state index in [1.165, 1.54) is 6.08 Å². The molecule has 0 aromatic heterocycles. The molecule has 0 saturated heterocycles. The second-order valence-electron chi connectivity index (χ2n) is 6.46. The van der Waals surface area contributed by atoms with Gasteiger partial charge in [0.15, 0.2) is 0 Å². The van der Waals surface area contributed by atoms with Crippen molar-refractivity contribution in [1.29, 1.82) is 0 Å². The first-order valence-corrected chi connectivity index (χ1v) is 8.75. The molecule has 2 atom stereocenters. The van der Waals surface area contributed by atoms with E-state index in [2.05, 4.69) is 16.0 Å². The fourth-order valence-electron chi connectivity index (χ4n) is 2.91. The number of carbonyl (C=O) groups excluding carboxylic acids is 2. The number of nitrogens with one attached hydrogen (secondary N) is 3. The van der Waals surface area contributed by atoms with Gasteiger partial charge in [0.1, 0.15) is 6.04 Å². The van der Waals surface area contributed by atoms with Crippen LogP contribution in [0.2, 0.25) is 0 Å². The van der Waals surface area contributed by atoms with Crippen molar-refractivity contribution in [1.82, 2.24) is 16.0 Å².